The van der Waals surface area contributed by atoms with Crippen LogP contribution in [0.2, 0.25) is 0 Å². The van der Waals surface area contributed by atoms with Crippen molar-refractivity contribution in [3.8, 4) is 0 Å². The first-order valence-electron chi connectivity index (χ1n) is 8.81. The number of quaternary nitrogens is 1. The lowest BCUT2D eigenvalue weighted by atomic mass is 9.87. The first-order valence-corrected chi connectivity index (χ1v) is 8.81. The molecule has 0 aliphatic heterocycles. The largest absolute Gasteiger partial charge is 0.395 e. The van der Waals surface area contributed by atoms with Crippen molar-refractivity contribution in [2.45, 2.75) is 37.8 Å². The standard InChI is InChI=1S/C16H35N2O5/c19-10-5-17(6-11-20)15-1-3-16(4-2-15)18(7-12-21,8-13-22)9-14-23/h15-16,19-23H,1-14H2/q+1. The van der Waals surface area contributed by atoms with Crippen LogP contribution in [0.3, 0.4) is 0 Å². The summed E-state index contributed by atoms with van der Waals surface area (Å²) in [4.78, 5) is 2.15. The fourth-order valence-corrected chi connectivity index (χ4v) is 4.19. The summed E-state index contributed by atoms with van der Waals surface area (Å²) in [6.45, 7) is 3.22. The summed E-state index contributed by atoms with van der Waals surface area (Å²) in [7, 11) is 0. The Morgan fingerprint density at radius 1 is 0.652 bits per heavy atom. The van der Waals surface area contributed by atoms with Crippen LogP contribution >= 0.6 is 0 Å². The molecule has 0 saturated heterocycles. The van der Waals surface area contributed by atoms with Crippen molar-refractivity contribution in [2.75, 3.05) is 65.8 Å². The summed E-state index contributed by atoms with van der Waals surface area (Å²) in [5.41, 5.74) is 0. The van der Waals surface area contributed by atoms with E-state index in [1.54, 1.807) is 0 Å². The molecule has 1 saturated carbocycles. The third kappa shape index (κ3) is 5.94. The number of nitrogens with zero attached hydrogens (tertiary/aromatic N) is 2. The molecule has 1 aliphatic rings. The molecule has 1 rings (SSSR count). The number of aliphatic hydroxyl groups excluding tert-OH is 5. The molecule has 0 unspecified atom stereocenters. The van der Waals surface area contributed by atoms with Gasteiger partial charge in [-0.1, -0.05) is 0 Å². The van der Waals surface area contributed by atoms with Crippen molar-refractivity contribution in [1.82, 2.24) is 4.90 Å². The van der Waals surface area contributed by atoms with Gasteiger partial charge in [-0.2, -0.15) is 0 Å². The first-order chi connectivity index (χ1) is 11.2. The summed E-state index contributed by atoms with van der Waals surface area (Å²) in [5.74, 6) is 0. The molecule has 1 aliphatic carbocycles. The maximum Gasteiger partial charge on any atom is 0.102 e. The van der Waals surface area contributed by atoms with Crippen LogP contribution in [0.4, 0.5) is 0 Å². The molecule has 0 heterocycles. The van der Waals surface area contributed by atoms with Gasteiger partial charge in [0.1, 0.15) is 19.6 Å². The highest BCUT2D eigenvalue weighted by Gasteiger charge is 2.39. The molecule has 138 valence electrons. The maximum absolute atomic E-state index is 9.42. The molecule has 0 spiro atoms. The van der Waals surface area contributed by atoms with Crippen molar-refractivity contribution in [2.24, 2.45) is 0 Å². The lowest BCUT2D eigenvalue weighted by molar-refractivity contribution is -0.953. The van der Waals surface area contributed by atoms with Gasteiger partial charge in [0.15, 0.2) is 0 Å². The Kier molecular flexibility index (Phi) is 10.2. The normalized spacial score (nSPS) is 22.7. The Morgan fingerprint density at radius 2 is 1.09 bits per heavy atom. The molecule has 7 heteroatoms. The van der Waals surface area contributed by atoms with E-state index in [0.29, 0.717) is 49.3 Å². The van der Waals surface area contributed by atoms with Gasteiger partial charge in [-0.25, -0.2) is 0 Å². The van der Waals surface area contributed by atoms with Crippen LogP contribution in [0.5, 0.6) is 0 Å². The number of hydrogen-bond donors (Lipinski definition) is 5. The minimum atomic E-state index is 0.0566. The maximum atomic E-state index is 9.42. The van der Waals surface area contributed by atoms with Gasteiger partial charge in [0.2, 0.25) is 0 Å². The van der Waals surface area contributed by atoms with Crippen LogP contribution in [0.1, 0.15) is 25.7 Å². The smallest absolute Gasteiger partial charge is 0.102 e. The molecule has 0 atom stereocenters. The van der Waals surface area contributed by atoms with Gasteiger partial charge in [-0.15, -0.1) is 0 Å². The van der Waals surface area contributed by atoms with E-state index in [2.05, 4.69) is 4.90 Å². The van der Waals surface area contributed by atoms with Gasteiger partial charge in [-0.3, -0.25) is 4.90 Å². The van der Waals surface area contributed by atoms with E-state index in [-0.39, 0.29) is 33.0 Å². The van der Waals surface area contributed by atoms with Gasteiger partial charge in [0, 0.05) is 32.0 Å². The van der Waals surface area contributed by atoms with E-state index in [9.17, 15) is 25.5 Å². The van der Waals surface area contributed by atoms with Crippen LogP contribution in [-0.2, 0) is 0 Å². The summed E-state index contributed by atoms with van der Waals surface area (Å²) in [5, 5.41) is 46.6. The Labute approximate surface area is 139 Å². The minimum absolute atomic E-state index is 0.0566. The van der Waals surface area contributed by atoms with Crippen molar-refractivity contribution in [3.63, 3.8) is 0 Å². The zero-order chi connectivity index (χ0) is 17.1. The summed E-state index contributed by atoms with van der Waals surface area (Å²) >= 11 is 0. The lowest BCUT2D eigenvalue weighted by Gasteiger charge is -2.48. The predicted octanol–water partition coefficient (Wildman–Crippen LogP) is -1.62. The van der Waals surface area contributed by atoms with E-state index in [0.717, 1.165) is 25.7 Å². The SMILES string of the molecule is OCCN(CCO)C1CCC([N+](CCO)(CCO)CCO)CC1. The molecule has 1 fully saturated rings. The summed E-state index contributed by atoms with van der Waals surface area (Å²) in [6, 6.07) is 0.702. The van der Waals surface area contributed by atoms with E-state index in [1.807, 2.05) is 0 Å². The van der Waals surface area contributed by atoms with Crippen molar-refractivity contribution in [1.29, 1.82) is 0 Å². The number of hydrogen-bond acceptors (Lipinski definition) is 6. The second-order valence-corrected chi connectivity index (χ2v) is 6.51. The number of aliphatic hydroxyl groups is 5. The molecule has 5 N–H and O–H groups in total. The van der Waals surface area contributed by atoms with Crippen molar-refractivity contribution in [3.05, 3.63) is 0 Å². The quantitative estimate of drug-likeness (QED) is 0.275. The van der Waals surface area contributed by atoms with Crippen molar-refractivity contribution < 1.29 is 30.0 Å². The van der Waals surface area contributed by atoms with E-state index < -0.39 is 0 Å². The zero-order valence-electron chi connectivity index (χ0n) is 14.2. The molecule has 7 nitrogen and oxygen atoms in total. The van der Waals surface area contributed by atoms with Gasteiger partial charge in [0.05, 0.1) is 39.1 Å². The Hall–Kier alpha value is -0.280. The summed E-state index contributed by atoms with van der Waals surface area (Å²) < 4.78 is 0.580. The third-order valence-electron chi connectivity index (χ3n) is 5.37. The second-order valence-electron chi connectivity index (χ2n) is 6.51. The van der Waals surface area contributed by atoms with Crippen LogP contribution in [-0.4, -0.2) is 113 Å². The van der Waals surface area contributed by atoms with E-state index >= 15 is 0 Å². The Bertz CT molecular complexity index is 275. The molecule has 0 bridgehead atoms. The number of rotatable bonds is 12. The molecule has 23 heavy (non-hydrogen) atoms. The first kappa shape index (κ1) is 20.8. The molecule has 0 aromatic heterocycles. The van der Waals surface area contributed by atoms with Gasteiger partial charge in [-0.05, 0) is 12.8 Å². The molecule has 0 radical (unpaired) electrons. The topological polar surface area (TPSA) is 104 Å². The molecular formula is C16H35N2O5+. The average Bonchev–Trinajstić information content (AvgIpc) is 2.55. The predicted molar refractivity (Wildman–Crippen MR) is 87.9 cm³/mol. The van der Waals surface area contributed by atoms with Gasteiger partial charge >= 0.3 is 0 Å². The Morgan fingerprint density at radius 3 is 1.43 bits per heavy atom. The monoisotopic (exact) mass is 335 g/mol. The minimum Gasteiger partial charge on any atom is -0.395 e. The van der Waals surface area contributed by atoms with Crippen LogP contribution in [0.25, 0.3) is 0 Å². The zero-order valence-corrected chi connectivity index (χ0v) is 14.2. The average molecular weight is 335 g/mol. The van der Waals surface area contributed by atoms with Crippen LogP contribution in [0.15, 0.2) is 0 Å². The van der Waals surface area contributed by atoms with Gasteiger partial charge in [0.25, 0.3) is 0 Å². The van der Waals surface area contributed by atoms with Gasteiger partial charge < -0.3 is 30.0 Å². The van der Waals surface area contributed by atoms with E-state index in [4.69, 9.17) is 0 Å². The summed E-state index contributed by atoms with van der Waals surface area (Å²) in [6.07, 6.45) is 3.90. The third-order valence-corrected chi connectivity index (χ3v) is 5.37. The van der Waals surface area contributed by atoms with E-state index in [1.165, 1.54) is 0 Å². The highest BCUT2D eigenvalue weighted by molar-refractivity contribution is 4.81. The molecule has 0 amide bonds. The van der Waals surface area contributed by atoms with Crippen molar-refractivity contribution >= 4 is 0 Å². The fourth-order valence-electron chi connectivity index (χ4n) is 4.19. The highest BCUT2D eigenvalue weighted by Crippen LogP contribution is 2.30. The molecular weight excluding hydrogens is 300 g/mol. The second kappa shape index (κ2) is 11.3. The fraction of sp³-hybridized carbons (Fsp3) is 1.00. The Balaban J connectivity index is 2.69. The molecule has 0 aromatic carbocycles. The van der Waals surface area contributed by atoms with Crippen LogP contribution in [0, 0.1) is 0 Å². The van der Waals surface area contributed by atoms with Crippen LogP contribution < -0.4 is 0 Å². The lowest BCUT2D eigenvalue weighted by Crippen LogP contribution is -2.61. The highest BCUT2D eigenvalue weighted by atomic mass is 16.3. The molecule has 0 aromatic rings.